The molecule has 226 valence electrons. The van der Waals surface area contributed by atoms with Gasteiger partial charge in [0, 0.05) is 54.1 Å². The minimum Gasteiger partial charge on any atom is -0.461 e. The van der Waals surface area contributed by atoms with Crippen LogP contribution in [0.15, 0.2) is 36.4 Å². The number of alkyl halides is 1. The molecule has 0 amide bonds. The van der Waals surface area contributed by atoms with E-state index in [0.29, 0.717) is 57.9 Å². The number of nitrogens with one attached hydrogen (secondary N) is 1. The first-order valence-electron chi connectivity index (χ1n) is 15.5. The number of pyridine rings is 1. The molecule has 4 saturated heterocycles. The highest BCUT2D eigenvalue weighted by Gasteiger charge is 2.49. The van der Waals surface area contributed by atoms with Crippen molar-refractivity contribution in [1.82, 2.24) is 25.2 Å². The Morgan fingerprint density at radius 2 is 1.86 bits per heavy atom. The van der Waals surface area contributed by atoms with Gasteiger partial charge in [-0.2, -0.15) is 9.97 Å². The fourth-order valence-corrected chi connectivity index (χ4v) is 8.21. The number of piperazine rings is 1. The second kappa shape index (κ2) is 10.8. The minimum atomic E-state index is -0.878. The molecule has 2 bridgehead atoms. The van der Waals surface area contributed by atoms with Gasteiger partial charge in [0.2, 0.25) is 0 Å². The summed E-state index contributed by atoms with van der Waals surface area (Å²) in [7, 11) is 0. The molecule has 10 heteroatoms. The van der Waals surface area contributed by atoms with Gasteiger partial charge in [0.1, 0.15) is 35.5 Å². The molecule has 4 aliphatic rings. The molecular weight excluding hydrogens is 582 g/mol. The van der Waals surface area contributed by atoms with Crippen molar-refractivity contribution >= 4 is 39.1 Å². The van der Waals surface area contributed by atoms with Crippen LogP contribution >= 0.6 is 11.6 Å². The largest absolute Gasteiger partial charge is 0.461 e. The molecule has 2 aromatic carbocycles. The van der Waals surface area contributed by atoms with Gasteiger partial charge in [-0.15, -0.1) is 0 Å². The van der Waals surface area contributed by atoms with Crippen molar-refractivity contribution < 1.29 is 13.5 Å². The number of benzene rings is 2. The summed E-state index contributed by atoms with van der Waals surface area (Å²) in [6.07, 6.45) is 3.56. The van der Waals surface area contributed by atoms with Gasteiger partial charge in [-0.3, -0.25) is 4.90 Å². The second-order valence-electron chi connectivity index (χ2n) is 12.6. The molecule has 2 aromatic heterocycles. The van der Waals surface area contributed by atoms with Crippen molar-refractivity contribution in [2.24, 2.45) is 0 Å². The van der Waals surface area contributed by atoms with E-state index in [1.165, 1.54) is 0 Å². The lowest BCUT2D eigenvalue weighted by Crippen LogP contribution is -2.51. The molecule has 44 heavy (non-hydrogen) atoms. The summed E-state index contributed by atoms with van der Waals surface area (Å²) in [5, 5.41) is 6.24. The van der Waals surface area contributed by atoms with Crippen LogP contribution in [-0.4, -0.2) is 76.4 Å². The SMILES string of the molecule is CC#Cc1nc(-c2cccc3cccc(Cl)c23)c(F)c2nc(OC[C@@]34CCCN3C[C@H](F)C4)nc(N3C[C@H]4CC[C@@H](C3)N4)c12. The fourth-order valence-electron chi connectivity index (χ4n) is 7.93. The van der Waals surface area contributed by atoms with Crippen molar-refractivity contribution in [1.29, 1.82) is 0 Å². The highest BCUT2D eigenvalue weighted by atomic mass is 35.5. The Bertz CT molecular complexity index is 1840. The molecular formula is C34H33ClF2N6O. The zero-order valence-corrected chi connectivity index (χ0v) is 25.3. The summed E-state index contributed by atoms with van der Waals surface area (Å²) in [4.78, 5) is 18.8. The van der Waals surface area contributed by atoms with Crippen LogP contribution in [0.25, 0.3) is 32.9 Å². The molecule has 1 N–H and O–H groups in total. The summed E-state index contributed by atoms with van der Waals surface area (Å²) >= 11 is 6.66. The van der Waals surface area contributed by atoms with Gasteiger partial charge in [0.15, 0.2) is 5.82 Å². The predicted molar refractivity (Wildman–Crippen MR) is 168 cm³/mol. The number of ether oxygens (including phenoxy) is 1. The standard InChI is InChI=1S/C34H33ClF2N6O/c1-2-6-26-28-31(29(37)30(39-26)24-9-3-7-20-8-4-10-25(35)27(20)24)40-33(41-32(28)42-17-22-11-12-23(18-42)38-22)44-19-34-13-5-14-43(34)16-21(36)15-34/h3-4,7-10,21-23,38H,5,11-19H2,1H3/t21-,22-,23+,34+/m1/s1. The maximum Gasteiger partial charge on any atom is 0.319 e. The van der Waals surface area contributed by atoms with Crippen LogP contribution in [0.2, 0.25) is 5.02 Å². The van der Waals surface area contributed by atoms with E-state index in [1.807, 2.05) is 30.3 Å². The predicted octanol–water partition coefficient (Wildman–Crippen LogP) is 5.90. The first kappa shape index (κ1) is 27.9. The Kier molecular flexibility index (Phi) is 6.85. The van der Waals surface area contributed by atoms with E-state index in [9.17, 15) is 4.39 Å². The molecule has 4 aromatic rings. The zero-order chi connectivity index (χ0) is 30.0. The van der Waals surface area contributed by atoms with Gasteiger partial charge in [-0.05, 0) is 56.5 Å². The van der Waals surface area contributed by atoms with E-state index in [1.54, 1.807) is 13.0 Å². The normalized spacial score (nSPS) is 26.3. The van der Waals surface area contributed by atoms with E-state index >= 15 is 4.39 Å². The van der Waals surface area contributed by atoms with Crippen LogP contribution in [0.3, 0.4) is 0 Å². The Balaban J connectivity index is 1.31. The lowest BCUT2D eigenvalue weighted by Gasteiger charge is -2.35. The molecule has 0 aliphatic carbocycles. The maximum atomic E-state index is 16.9. The Labute approximate surface area is 260 Å². The molecule has 4 aliphatic heterocycles. The average Bonchev–Trinajstić information content (AvgIpc) is 3.67. The van der Waals surface area contributed by atoms with Crippen molar-refractivity contribution in [3.05, 3.63) is 52.9 Å². The Hall–Kier alpha value is -3.58. The highest BCUT2D eigenvalue weighted by Crippen LogP contribution is 2.42. The Morgan fingerprint density at radius 1 is 1.07 bits per heavy atom. The van der Waals surface area contributed by atoms with Gasteiger partial charge in [-0.1, -0.05) is 47.9 Å². The number of nitrogens with zero attached hydrogens (tertiary/aromatic N) is 5. The molecule has 8 rings (SSSR count). The highest BCUT2D eigenvalue weighted by molar-refractivity contribution is 6.36. The summed E-state index contributed by atoms with van der Waals surface area (Å²) < 4.78 is 37.8. The van der Waals surface area contributed by atoms with E-state index < -0.39 is 12.0 Å². The lowest BCUT2D eigenvalue weighted by atomic mass is 9.95. The Morgan fingerprint density at radius 3 is 2.66 bits per heavy atom. The molecule has 0 spiro atoms. The monoisotopic (exact) mass is 614 g/mol. The number of anilines is 1. The van der Waals surface area contributed by atoms with Crippen LogP contribution in [0.4, 0.5) is 14.6 Å². The summed E-state index contributed by atoms with van der Waals surface area (Å²) in [6, 6.07) is 12.0. The molecule has 6 heterocycles. The smallest absolute Gasteiger partial charge is 0.319 e. The van der Waals surface area contributed by atoms with Crippen molar-refractivity contribution in [3.63, 3.8) is 0 Å². The van der Waals surface area contributed by atoms with Gasteiger partial charge in [0.25, 0.3) is 0 Å². The zero-order valence-electron chi connectivity index (χ0n) is 24.5. The summed E-state index contributed by atoms with van der Waals surface area (Å²) in [5.41, 5.74) is 0.828. The van der Waals surface area contributed by atoms with Crippen LogP contribution in [0.5, 0.6) is 6.01 Å². The second-order valence-corrected chi connectivity index (χ2v) is 13.0. The van der Waals surface area contributed by atoms with E-state index in [-0.39, 0.29) is 29.4 Å². The van der Waals surface area contributed by atoms with Crippen molar-refractivity contribution in [2.45, 2.75) is 62.8 Å². The van der Waals surface area contributed by atoms with Gasteiger partial charge < -0.3 is 15.0 Å². The van der Waals surface area contributed by atoms with E-state index in [0.717, 1.165) is 50.7 Å². The average molecular weight is 615 g/mol. The van der Waals surface area contributed by atoms with Crippen molar-refractivity contribution in [3.8, 4) is 29.1 Å². The molecule has 0 unspecified atom stereocenters. The number of rotatable bonds is 5. The molecule has 4 atom stereocenters. The van der Waals surface area contributed by atoms with Crippen molar-refractivity contribution in [2.75, 3.05) is 37.7 Å². The summed E-state index contributed by atoms with van der Waals surface area (Å²) in [6.45, 7) is 4.72. The lowest BCUT2D eigenvalue weighted by molar-refractivity contribution is 0.107. The van der Waals surface area contributed by atoms with Crippen LogP contribution in [-0.2, 0) is 0 Å². The summed E-state index contributed by atoms with van der Waals surface area (Å²) in [5.74, 6) is 6.09. The number of hydrogen-bond acceptors (Lipinski definition) is 7. The van der Waals surface area contributed by atoms with E-state index in [2.05, 4.69) is 27.0 Å². The molecule has 4 fully saturated rings. The number of aromatic nitrogens is 3. The number of fused-ring (bicyclic) bond motifs is 5. The van der Waals surface area contributed by atoms with Gasteiger partial charge >= 0.3 is 6.01 Å². The maximum absolute atomic E-state index is 16.9. The van der Waals surface area contributed by atoms with Crippen LogP contribution in [0, 0.1) is 17.7 Å². The third-order valence-corrected chi connectivity index (χ3v) is 10.2. The topological polar surface area (TPSA) is 66.4 Å². The molecule has 0 saturated carbocycles. The first-order chi connectivity index (χ1) is 21.4. The fraction of sp³-hybridized carbons (Fsp3) is 0.441. The first-order valence-corrected chi connectivity index (χ1v) is 15.8. The molecule has 7 nitrogen and oxygen atoms in total. The minimum absolute atomic E-state index is 0.0873. The van der Waals surface area contributed by atoms with Gasteiger partial charge in [0.05, 0.1) is 10.9 Å². The molecule has 0 radical (unpaired) electrons. The third kappa shape index (κ3) is 4.58. The van der Waals surface area contributed by atoms with Crippen LogP contribution < -0.4 is 15.0 Å². The van der Waals surface area contributed by atoms with Gasteiger partial charge in [-0.25, -0.2) is 13.8 Å². The van der Waals surface area contributed by atoms with Crippen LogP contribution in [0.1, 0.15) is 44.7 Å². The van der Waals surface area contributed by atoms with E-state index in [4.69, 9.17) is 31.3 Å². The number of hydrogen-bond donors (Lipinski definition) is 1. The third-order valence-electron chi connectivity index (χ3n) is 9.84. The number of halogens is 3. The quantitative estimate of drug-likeness (QED) is 0.281.